The highest BCUT2D eigenvalue weighted by molar-refractivity contribution is 9.13. The monoisotopic (exact) mass is 469 g/mol. The molecule has 0 fully saturated rings. The number of nitrogens with zero attached hydrogens (tertiary/aromatic N) is 3. The largest absolute Gasteiger partial charge is 0.335 e. The zero-order valence-electron chi connectivity index (χ0n) is 10.2. The number of aryl methyl sites for hydroxylation is 1. The summed E-state index contributed by atoms with van der Waals surface area (Å²) in [5, 5.41) is 4.14. The summed E-state index contributed by atoms with van der Waals surface area (Å²) in [7, 11) is 3.64. The van der Waals surface area contributed by atoms with Crippen LogP contribution in [0.25, 0.3) is 0 Å². The summed E-state index contributed by atoms with van der Waals surface area (Å²) in [5.41, 5.74) is 0.963. The van der Waals surface area contributed by atoms with Gasteiger partial charge in [0.2, 0.25) is 0 Å². The maximum absolute atomic E-state index is 12.3. The Hall–Kier alpha value is -0.180. The van der Waals surface area contributed by atoms with E-state index in [1.165, 1.54) is 11.3 Å². The van der Waals surface area contributed by atoms with Crippen molar-refractivity contribution in [2.45, 2.75) is 6.54 Å². The first-order valence-corrected chi connectivity index (χ1v) is 8.46. The second-order valence-corrected chi connectivity index (χ2v) is 8.04. The molecule has 2 aromatic heterocycles. The normalized spacial score (nSPS) is 10.8. The van der Waals surface area contributed by atoms with Crippen molar-refractivity contribution >= 4 is 65.0 Å². The van der Waals surface area contributed by atoms with Crippen molar-refractivity contribution in [3.05, 3.63) is 35.6 Å². The van der Waals surface area contributed by atoms with Gasteiger partial charge in [0, 0.05) is 18.6 Å². The van der Waals surface area contributed by atoms with E-state index in [0.717, 1.165) is 18.4 Å². The Balaban J connectivity index is 2.16. The van der Waals surface area contributed by atoms with Crippen LogP contribution in [0, 0.1) is 0 Å². The third kappa shape index (κ3) is 3.29. The molecule has 0 N–H and O–H groups in total. The molecule has 0 aromatic carbocycles. The van der Waals surface area contributed by atoms with E-state index >= 15 is 0 Å². The smallest absolute Gasteiger partial charge is 0.264 e. The Morgan fingerprint density at radius 1 is 1.42 bits per heavy atom. The number of carbonyl (C=O) groups excluding carboxylic acids is 1. The van der Waals surface area contributed by atoms with Crippen LogP contribution in [0.1, 0.15) is 15.4 Å². The Morgan fingerprint density at radius 3 is 2.58 bits per heavy atom. The Kier molecular flexibility index (Phi) is 4.86. The van der Waals surface area contributed by atoms with Crippen LogP contribution in [0.5, 0.6) is 0 Å². The highest BCUT2D eigenvalue weighted by Gasteiger charge is 2.18. The van der Waals surface area contributed by atoms with Gasteiger partial charge in [-0.25, -0.2) is 0 Å². The van der Waals surface area contributed by atoms with Crippen molar-refractivity contribution in [3.8, 4) is 0 Å². The lowest BCUT2D eigenvalue weighted by atomic mass is 10.3. The van der Waals surface area contributed by atoms with Gasteiger partial charge in [0.15, 0.2) is 0 Å². The third-order valence-corrected chi connectivity index (χ3v) is 6.51. The average molecular weight is 472 g/mol. The first-order chi connectivity index (χ1) is 8.90. The molecule has 0 aliphatic heterocycles. The quantitative estimate of drug-likeness (QED) is 0.677. The number of thiophene rings is 1. The predicted octanol–water partition coefficient (Wildman–Crippen LogP) is 4.04. The van der Waals surface area contributed by atoms with E-state index < -0.39 is 0 Å². The fraction of sp³-hybridized carbons (Fsp3) is 0.273. The molecule has 2 heterocycles. The van der Waals surface area contributed by atoms with E-state index in [1.807, 2.05) is 13.1 Å². The molecule has 8 heteroatoms. The number of halogens is 3. The molecule has 0 aliphatic carbocycles. The average Bonchev–Trinajstić information content (AvgIpc) is 2.85. The van der Waals surface area contributed by atoms with Crippen LogP contribution in [0.4, 0.5) is 0 Å². The van der Waals surface area contributed by atoms with Crippen LogP contribution in [0.15, 0.2) is 25.0 Å². The lowest BCUT2D eigenvalue weighted by Gasteiger charge is -2.16. The van der Waals surface area contributed by atoms with Crippen LogP contribution >= 0.6 is 59.1 Å². The molecule has 0 aliphatic rings. The topological polar surface area (TPSA) is 38.1 Å². The molecule has 0 unspecified atom stereocenters. The van der Waals surface area contributed by atoms with E-state index in [9.17, 15) is 4.79 Å². The highest BCUT2D eigenvalue weighted by Crippen LogP contribution is 2.33. The number of hydrogen-bond acceptors (Lipinski definition) is 3. The Bertz CT molecular complexity index is 584. The first-order valence-electron chi connectivity index (χ1n) is 5.26. The van der Waals surface area contributed by atoms with Gasteiger partial charge in [-0.15, -0.1) is 11.3 Å². The SMILES string of the molecule is CN(Cc1c(Br)cnn1C)C(=O)c1cc(Br)c(Br)s1. The number of aromatic nitrogens is 2. The van der Waals surface area contributed by atoms with E-state index in [1.54, 1.807) is 22.8 Å². The number of amides is 1. The first kappa shape index (κ1) is 15.2. The van der Waals surface area contributed by atoms with Gasteiger partial charge in [-0.2, -0.15) is 5.10 Å². The zero-order valence-corrected chi connectivity index (χ0v) is 15.7. The molecule has 0 saturated heterocycles. The van der Waals surface area contributed by atoms with Crippen LogP contribution in [-0.2, 0) is 13.6 Å². The van der Waals surface area contributed by atoms with E-state index in [-0.39, 0.29) is 5.91 Å². The summed E-state index contributed by atoms with van der Waals surface area (Å²) < 4.78 is 4.49. The van der Waals surface area contributed by atoms with Gasteiger partial charge >= 0.3 is 0 Å². The molecule has 2 rings (SSSR count). The van der Waals surface area contributed by atoms with E-state index in [0.29, 0.717) is 11.4 Å². The van der Waals surface area contributed by atoms with Gasteiger partial charge in [-0.05, 0) is 53.9 Å². The Morgan fingerprint density at radius 2 is 2.11 bits per heavy atom. The molecule has 102 valence electrons. The second kappa shape index (κ2) is 6.07. The molecule has 0 atom stereocenters. The lowest BCUT2D eigenvalue weighted by Crippen LogP contribution is -2.26. The van der Waals surface area contributed by atoms with Crippen LogP contribution in [0.3, 0.4) is 0 Å². The molecule has 2 aromatic rings. The number of rotatable bonds is 3. The van der Waals surface area contributed by atoms with Crippen molar-refractivity contribution in [2.75, 3.05) is 7.05 Å². The Labute approximate surface area is 140 Å². The van der Waals surface area contributed by atoms with Gasteiger partial charge in [0.1, 0.15) is 0 Å². The molecule has 0 bridgehead atoms. The minimum absolute atomic E-state index is 0.00972. The predicted molar refractivity (Wildman–Crippen MR) is 86.4 cm³/mol. The maximum Gasteiger partial charge on any atom is 0.264 e. The van der Waals surface area contributed by atoms with Crippen molar-refractivity contribution in [1.29, 1.82) is 0 Å². The zero-order chi connectivity index (χ0) is 14.2. The minimum Gasteiger partial charge on any atom is -0.335 e. The van der Waals surface area contributed by atoms with Crippen LogP contribution in [0.2, 0.25) is 0 Å². The van der Waals surface area contributed by atoms with Crippen molar-refractivity contribution in [2.24, 2.45) is 7.05 Å². The molecular formula is C11H10Br3N3OS. The summed E-state index contributed by atoms with van der Waals surface area (Å²) >= 11 is 11.6. The fourth-order valence-electron chi connectivity index (χ4n) is 1.55. The van der Waals surface area contributed by atoms with E-state index in [4.69, 9.17) is 0 Å². The molecule has 19 heavy (non-hydrogen) atoms. The lowest BCUT2D eigenvalue weighted by molar-refractivity contribution is 0.0786. The maximum atomic E-state index is 12.3. The van der Waals surface area contributed by atoms with Crippen LogP contribution < -0.4 is 0 Å². The molecule has 4 nitrogen and oxygen atoms in total. The summed E-state index contributed by atoms with van der Waals surface area (Å²) in [5.74, 6) is -0.00972. The summed E-state index contributed by atoms with van der Waals surface area (Å²) in [6.45, 7) is 0.503. The van der Waals surface area contributed by atoms with Gasteiger partial charge in [0.25, 0.3) is 5.91 Å². The molecular weight excluding hydrogens is 462 g/mol. The van der Waals surface area contributed by atoms with Crippen molar-refractivity contribution < 1.29 is 4.79 Å². The van der Waals surface area contributed by atoms with Gasteiger partial charge in [-0.3, -0.25) is 9.48 Å². The van der Waals surface area contributed by atoms with Gasteiger partial charge < -0.3 is 4.90 Å². The van der Waals surface area contributed by atoms with Crippen molar-refractivity contribution in [1.82, 2.24) is 14.7 Å². The molecule has 0 radical (unpaired) electrons. The molecule has 1 amide bonds. The summed E-state index contributed by atoms with van der Waals surface area (Å²) in [4.78, 5) is 14.7. The number of carbonyl (C=O) groups is 1. The standard InChI is InChI=1S/C11H10Br3N3OS/c1-16(5-8-7(13)4-15-17(8)2)11(18)9-3-6(12)10(14)19-9/h3-4H,5H2,1-2H3. The minimum atomic E-state index is -0.00972. The summed E-state index contributed by atoms with van der Waals surface area (Å²) in [6.07, 6.45) is 1.73. The van der Waals surface area contributed by atoms with Gasteiger partial charge in [0.05, 0.1) is 31.6 Å². The van der Waals surface area contributed by atoms with Crippen molar-refractivity contribution in [3.63, 3.8) is 0 Å². The number of hydrogen-bond donors (Lipinski definition) is 0. The third-order valence-electron chi connectivity index (χ3n) is 2.60. The second-order valence-electron chi connectivity index (χ2n) is 3.96. The summed E-state index contributed by atoms with van der Waals surface area (Å²) in [6, 6.07) is 1.83. The van der Waals surface area contributed by atoms with E-state index in [2.05, 4.69) is 52.9 Å². The molecule has 0 spiro atoms. The fourth-order valence-corrected chi connectivity index (χ4v) is 4.05. The van der Waals surface area contributed by atoms with Gasteiger partial charge in [-0.1, -0.05) is 0 Å². The highest BCUT2D eigenvalue weighted by atomic mass is 79.9. The molecule has 0 saturated carbocycles. The van der Waals surface area contributed by atoms with Crippen LogP contribution in [-0.4, -0.2) is 27.6 Å².